The van der Waals surface area contributed by atoms with Crippen molar-refractivity contribution in [3.63, 3.8) is 0 Å². The Balaban J connectivity index is 1.50. The summed E-state index contributed by atoms with van der Waals surface area (Å²) in [4.78, 5) is 15.9. The third kappa shape index (κ3) is 5.21. The number of nitrogens with zero attached hydrogens (tertiary/aromatic N) is 3. The number of hydrogen-bond acceptors (Lipinski definition) is 5. The molecule has 5 nitrogen and oxygen atoms in total. The van der Waals surface area contributed by atoms with Crippen molar-refractivity contribution in [2.45, 2.75) is 51.5 Å². The van der Waals surface area contributed by atoms with E-state index >= 15 is 0 Å². The van der Waals surface area contributed by atoms with E-state index in [1.165, 1.54) is 18.2 Å². The highest BCUT2D eigenvalue weighted by Crippen LogP contribution is 2.38. The topological polar surface area (TPSA) is 47.4 Å². The van der Waals surface area contributed by atoms with Crippen LogP contribution in [-0.2, 0) is 4.79 Å². The van der Waals surface area contributed by atoms with Crippen LogP contribution >= 0.6 is 24.0 Å². The van der Waals surface area contributed by atoms with Crippen LogP contribution in [0.2, 0.25) is 0 Å². The van der Waals surface area contributed by atoms with Gasteiger partial charge in [0.15, 0.2) is 0 Å². The summed E-state index contributed by atoms with van der Waals surface area (Å²) in [6.07, 6.45) is 10.5. The quantitative estimate of drug-likeness (QED) is 0.260. The molecule has 35 heavy (non-hydrogen) atoms. The van der Waals surface area contributed by atoms with Crippen molar-refractivity contribution in [1.82, 2.24) is 14.7 Å². The minimum atomic E-state index is 0.0219. The Kier molecular flexibility index (Phi) is 7.35. The smallest absolute Gasteiger partial charge is 0.266 e. The predicted molar refractivity (Wildman–Crippen MR) is 147 cm³/mol. The highest BCUT2D eigenvalue weighted by atomic mass is 32.2. The summed E-state index contributed by atoms with van der Waals surface area (Å²) >= 11 is 7.04. The number of benzene rings is 2. The number of ether oxygens (including phenoxy) is 1. The number of carbonyl (C=O) groups excluding carboxylic acids is 1. The molecule has 5 rings (SSSR count). The van der Waals surface area contributed by atoms with Gasteiger partial charge < -0.3 is 4.74 Å². The molecule has 1 aliphatic carbocycles. The standard InChI is InChI=1S/C28H29N3O2S2/c1-2-17-33-24-15-13-20(14-16-24)26-21(19-30(29-26)22-9-5-3-6-10-22)18-25-27(32)31(28(34)35-25)23-11-7-4-8-12-23/h3,5-6,9-10,13-16,18-19,23H,2,4,7-8,11-12,17H2,1H3/b25-18-. The first kappa shape index (κ1) is 23.8. The molecule has 3 aromatic rings. The zero-order valence-electron chi connectivity index (χ0n) is 19.9. The lowest BCUT2D eigenvalue weighted by atomic mass is 9.94. The van der Waals surface area contributed by atoms with Gasteiger partial charge in [-0.3, -0.25) is 9.69 Å². The lowest BCUT2D eigenvalue weighted by Gasteiger charge is -2.29. The second-order valence-electron chi connectivity index (χ2n) is 8.93. The number of thiocarbonyl (C=S) groups is 1. The highest BCUT2D eigenvalue weighted by Gasteiger charge is 2.37. The number of para-hydroxylation sites is 1. The first-order valence-electron chi connectivity index (χ1n) is 12.3. The molecular weight excluding hydrogens is 474 g/mol. The Morgan fingerprint density at radius 1 is 1.09 bits per heavy atom. The van der Waals surface area contributed by atoms with E-state index in [0.717, 1.165) is 60.4 Å². The largest absolute Gasteiger partial charge is 0.494 e. The minimum absolute atomic E-state index is 0.0219. The SMILES string of the molecule is CCCOc1ccc(-c2nn(-c3ccccc3)cc2/C=C2\SC(=S)N(C3CCCCC3)C2=O)cc1. The lowest BCUT2D eigenvalue weighted by molar-refractivity contribution is -0.124. The van der Waals surface area contributed by atoms with E-state index in [1.54, 1.807) is 0 Å². The van der Waals surface area contributed by atoms with Crippen molar-refractivity contribution in [2.24, 2.45) is 0 Å². The maximum absolute atomic E-state index is 13.4. The summed E-state index contributed by atoms with van der Waals surface area (Å²) in [5.41, 5.74) is 3.64. The fraction of sp³-hybridized carbons (Fsp3) is 0.321. The molecule has 1 amide bonds. The van der Waals surface area contributed by atoms with Crippen molar-refractivity contribution in [3.8, 4) is 22.7 Å². The Hall–Kier alpha value is -2.90. The Bertz CT molecular complexity index is 1230. The highest BCUT2D eigenvalue weighted by molar-refractivity contribution is 8.26. The van der Waals surface area contributed by atoms with Crippen molar-refractivity contribution < 1.29 is 9.53 Å². The van der Waals surface area contributed by atoms with Gasteiger partial charge in [0.05, 0.1) is 22.9 Å². The van der Waals surface area contributed by atoms with Gasteiger partial charge in [-0.25, -0.2) is 4.68 Å². The molecule has 0 N–H and O–H groups in total. The maximum Gasteiger partial charge on any atom is 0.266 e. The van der Waals surface area contributed by atoms with Gasteiger partial charge in [-0.2, -0.15) is 5.10 Å². The van der Waals surface area contributed by atoms with E-state index in [-0.39, 0.29) is 11.9 Å². The monoisotopic (exact) mass is 503 g/mol. The van der Waals surface area contributed by atoms with Crippen molar-refractivity contribution in [2.75, 3.05) is 6.61 Å². The van der Waals surface area contributed by atoms with Crippen molar-refractivity contribution >= 4 is 40.3 Å². The van der Waals surface area contributed by atoms with E-state index < -0.39 is 0 Å². The summed E-state index contributed by atoms with van der Waals surface area (Å²) in [6, 6.07) is 18.2. The van der Waals surface area contributed by atoms with Gasteiger partial charge in [-0.1, -0.05) is 68.4 Å². The van der Waals surface area contributed by atoms with Gasteiger partial charge in [0.2, 0.25) is 0 Å². The molecule has 0 radical (unpaired) electrons. The van der Waals surface area contributed by atoms with Crippen LogP contribution in [0, 0.1) is 0 Å². The second-order valence-corrected chi connectivity index (χ2v) is 10.6. The van der Waals surface area contributed by atoms with Crippen LogP contribution in [-0.4, -0.2) is 37.6 Å². The first-order valence-corrected chi connectivity index (χ1v) is 13.5. The molecule has 1 aromatic heterocycles. The Labute approximate surface area is 216 Å². The van der Waals surface area contributed by atoms with Crippen LogP contribution in [0.1, 0.15) is 51.0 Å². The van der Waals surface area contributed by atoms with Crippen LogP contribution in [0.3, 0.4) is 0 Å². The van der Waals surface area contributed by atoms with Gasteiger partial charge in [0, 0.05) is 23.4 Å². The Morgan fingerprint density at radius 2 is 1.83 bits per heavy atom. The van der Waals surface area contributed by atoms with Crippen molar-refractivity contribution in [3.05, 3.63) is 71.3 Å². The number of aromatic nitrogens is 2. The number of amides is 1. The van der Waals surface area contributed by atoms with Gasteiger partial charge in [-0.05, 0) is 61.7 Å². The van der Waals surface area contributed by atoms with Gasteiger partial charge in [0.1, 0.15) is 10.1 Å². The Morgan fingerprint density at radius 3 is 2.54 bits per heavy atom. The second kappa shape index (κ2) is 10.8. The summed E-state index contributed by atoms with van der Waals surface area (Å²) in [7, 11) is 0. The van der Waals surface area contributed by atoms with E-state index in [4.69, 9.17) is 22.1 Å². The molecule has 0 bridgehead atoms. The van der Waals surface area contributed by atoms with Crippen LogP contribution in [0.25, 0.3) is 23.0 Å². The zero-order valence-corrected chi connectivity index (χ0v) is 21.5. The summed E-state index contributed by atoms with van der Waals surface area (Å²) in [6.45, 7) is 2.78. The molecule has 180 valence electrons. The summed E-state index contributed by atoms with van der Waals surface area (Å²) in [5.74, 6) is 0.863. The molecule has 0 unspecified atom stereocenters. The fourth-order valence-electron chi connectivity index (χ4n) is 4.63. The van der Waals surface area contributed by atoms with Crippen LogP contribution < -0.4 is 4.74 Å². The molecular formula is C28H29N3O2S2. The van der Waals surface area contributed by atoms with Gasteiger partial charge in [0.25, 0.3) is 5.91 Å². The third-order valence-corrected chi connectivity index (χ3v) is 7.74. The normalized spacial score (nSPS) is 18.0. The molecule has 2 aliphatic rings. The van der Waals surface area contributed by atoms with E-state index in [9.17, 15) is 4.79 Å². The molecule has 1 saturated heterocycles. The first-order chi connectivity index (χ1) is 17.1. The van der Waals surface area contributed by atoms with E-state index in [0.29, 0.717) is 15.8 Å². The zero-order chi connectivity index (χ0) is 24.2. The van der Waals surface area contributed by atoms with Gasteiger partial charge in [-0.15, -0.1) is 0 Å². The maximum atomic E-state index is 13.4. The predicted octanol–water partition coefficient (Wildman–Crippen LogP) is 6.86. The van der Waals surface area contributed by atoms with Crippen LogP contribution in [0.15, 0.2) is 65.7 Å². The van der Waals surface area contributed by atoms with E-state index in [2.05, 4.69) is 6.92 Å². The third-order valence-electron chi connectivity index (χ3n) is 6.41. The molecule has 1 saturated carbocycles. The minimum Gasteiger partial charge on any atom is -0.494 e. The summed E-state index contributed by atoms with van der Waals surface area (Å²) < 4.78 is 8.28. The number of hydrogen-bond donors (Lipinski definition) is 0. The lowest BCUT2D eigenvalue weighted by Crippen LogP contribution is -2.39. The van der Waals surface area contributed by atoms with Crippen molar-refractivity contribution in [1.29, 1.82) is 0 Å². The summed E-state index contributed by atoms with van der Waals surface area (Å²) in [5, 5.41) is 4.90. The average molecular weight is 504 g/mol. The van der Waals surface area contributed by atoms with E-state index in [1.807, 2.05) is 76.5 Å². The van der Waals surface area contributed by atoms with Gasteiger partial charge >= 0.3 is 0 Å². The number of thioether (sulfide) groups is 1. The molecule has 2 heterocycles. The molecule has 2 fully saturated rings. The molecule has 0 spiro atoms. The molecule has 1 aliphatic heterocycles. The van der Waals surface area contributed by atoms with Crippen LogP contribution in [0.4, 0.5) is 0 Å². The number of rotatable bonds is 7. The van der Waals surface area contributed by atoms with Crippen LogP contribution in [0.5, 0.6) is 5.75 Å². The molecule has 7 heteroatoms. The molecule has 2 aromatic carbocycles. The fourth-order valence-corrected chi connectivity index (χ4v) is 6.03. The number of carbonyl (C=O) groups is 1. The molecule has 0 atom stereocenters. The average Bonchev–Trinajstić information content (AvgIpc) is 3.44.